The summed E-state index contributed by atoms with van der Waals surface area (Å²) in [5, 5.41) is 11.8. The normalized spacial score (nSPS) is 14.8. The van der Waals surface area contributed by atoms with Gasteiger partial charge in [0.1, 0.15) is 5.01 Å². The van der Waals surface area contributed by atoms with Crippen LogP contribution in [0.15, 0.2) is 23.7 Å². The lowest BCUT2D eigenvalue weighted by atomic mass is 10.1. The smallest absolute Gasteiger partial charge is 0.337 e. The lowest BCUT2D eigenvalue weighted by Crippen LogP contribution is -2.04. The topological polar surface area (TPSA) is 63.1 Å². The Hall–Kier alpha value is -1.75. The van der Waals surface area contributed by atoms with E-state index in [4.69, 9.17) is 5.11 Å². The van der Waals surface area contributed by atoms with Gasteiger partial charge in [-0.3, -0.25) is 0 Å². The quantitative estimate of drug-likeness (QED) is 0.904. The van der Waals surface area contributed by atoms with Crippen molar-refractivity contribution < 1.29 is 9.90 Å². The molecule has 5 heteroatoms. The molecule has 2 heterocycles. The van der Waals surface area contributed by atoms with Gasteiger partial charge in [-0.05, 0) is 25.0 Å². The molecule has 2 aromatic heterocycles. The third-order valence-corrected chi connectivity index (χ3v) is 3.57. The van der Waals surface area contributed by atoms with Crippen molar-refractivity contribution in [1.82, 2.24) is 9.97 Å². The highest BCUT2D eigenvalue weighted by atomic mass is 32.1. The summed E-state index contributed by atoms with van der Waals surface area (Å²) in [5.41, 5.74) is 1.81. The number of nitrogens with zero attached hydrogens (tertiary/aromatic N) is 2. The average molecular weight is 246 g/mol. The Morgan fingerprint density at radius 3 is 2.82 bits per heavy atom. The summed E-state index contributed by atoms with van der Waals surface area (Å²) in [5.74, 6) is -0.578. The van der Waals surface area contributed by atoms with E-state index < -0.39 is 5.97 Å². The zero-order chi connectivity index (χ0) is 11.8. The number of carbonyl (C=O) groups is 1. The van der Waals surface area contributed by atoms with E-state index in [-0.39, 0.29) is 0 Å². The molecule has 1 fully saturated rings. The van der Waals surface area contributed by atoms with Crippen molar-refractivity contribution >= 4 is 17.3 Å². The molecule has 1 N–H and O–H groups in total. The van der Waals surface area contributed by atoms with Crippen molar-refractivity contribution in [1.29, 1.82) is 0 Å². The number of hydrogen-bond acceptors (Lipinski definition) is 4. The van der Waals surface area contributed by atoms with Gasteiger partial charge in [0, 0.05) is 17.5 Å². The monoisotopic (exact) mass is 246 g/mol. The minimum atomic E-state index is -0.898. The lowest BCUT2D eigenvalue weighted by molar-refractivity contribution is 0.0695. The fraction of sp³-hybridized carbons (Fsp3) is 0.250. The van der Waals surface area contributed by atoms with Gasteiger partial charge in [0.15, 0.2) is 0 Å². The van der Waals surface area contributed by atoms with Crippen LogP contribution in [0.4, 0.5) is 0 Å². The highest BCUT2D eigenvalue weighted by Gasteiger charge is 2.30. The van der Waals surface area contributed by atoms with E-state index in [9.17, 15) is 4.79 Å². The minimum absolute atomic E-state index is 0.320. The first kappa shape index (κ1) is 10.4. The maximum atomic E-state index is 11.1. The number of hydrogen-bond donors (Lipinski definition) is 1. The summed E-state index contributed by atoms with van der Waals surface area (Å²) in [6.45, 7) is 0. The van der Waals surface area contributed by atoms with Gasteiger partial charge in [-0.15, -0.1) is 11.3 Å². The summed E-state index contributed by atoms with van der Waals surface area (Å²) >= 11 is 1.51. The second-order valence-electron chi connectivity index (χ2n) is 4.05. The zero-order valence-corrected chi connectivity index (χ0v) is 9.78. The fourth-order valence-corrected chi connectivity index (χ4v) is 2.40. The summed E-state index contributed by atoms with van der Waals surface area (Å²) < 4.78 is 0. The summed E-state index contributed by atoms with van der Waals surface area (Å²) in [6, 6.07) is 3.37. The van der Waals surface area contributed by atoms with E-state index in [0.717, 1.165) is 23.5 Å². The van der Waals surface area contributed by atoms with Crippen LogP contribution in [0, 0.1) is 0 Å². The maximum absolute atomic E-state index is 11.1. The number of carboxylic acid groups (broad SMARTS) is 1. The molecule has 0 amide bonds. The Kier molecular flexibility index (Phi) is 2.40. The van der Waals surface area contributed by atoms with Crippen molar-refractivity contribution in [2.24, 2.45) is 0 Å². The third-order valence-electron chi connectivity index (χ3n) is 2.77. The van der Waals surface area contributed by atoms with Gasteiger partial charge in [-0.2, -0.15) is 0 Å². The second kappa shape index (κ2) is 3.92. The van der Waals surface area contributed by atoms with Crippen molar-refractivity contribution in [3.05, 3.63) is 35.0 Å². The Balaban J connectivity index is 2.09. The molecule has 86 valence electrons. The summed E-state index contributed by atoms with van der Waals surface area (Å²) in [7, 11) is 0. The number of rotatable bonds is 3. The van der Waals surface area contributed by atoms with Crippen LogP contribution in [-0.4, -0.2) is 21.0 Å². The Morgan fingerprint density at radius 2 is 2.24 bits per heavy atom. The predicted octanol–water partition coefficient (Wildman–Crippen LogP) is 2.78. The molecule has 0 aliphatic heterocycles. The van der Waals surface area contributed by atoms with E-state index in [0.29, 0.717) is 17.2 Å². The first-order chi connectivity index (χ1) is 8.25. The molecule has 4 nitrogen and oxygen atoms in total. The van der Waals surface area contributed by atoms with Crippen LogP contribution in [0.5, 0.6) is 0 Å². The fourth-order valence-electron chi connectivity index (χ4n) is 1.79. The molecule has 0 aromatic carbocycles. The SMILES string of the molecule is O=C(O)c1ccc(-c2nccs2)nc1C1CC1. The summed E-state index contributed by atoms with van der Waals surface area (Å²) in [4.78, 5) is 19.8. The van der Waals surface area contributed by atoms with Gasteiger partial charge in [0.05, 0.1) is 17.0 Å². The molecule has 0 unspecified atom stereocenters. The molecule has 17 heavy (non-hydrogen) atoms. The largest absolute Gasteiger partial charge is 0.478 e. The number of aromatic carboxylic acids is 1. The van der Waals surface area contributed by atoms with Crippen LogP contribution in [0.3, 0.4) is 0 Å². The van der Waals surface area contributed by atoms with E-state index in [1.54, 1.807) is 18.3 Å². The first-order valence-electron chi connectivity index (χ1n) is 5.40. The number of aromatic nitrogens is 2. The summed E-state index contributed by atoms with van der Waals surface area (Å²) in [6.07, 6.45) is 3.80. The molecular formula is C12H10N2O2S. The van der Waals surface area contributed by atoms with Crippen molar-refractivity contribution in [2.45, 2.75) is 18.8 Å². The van der Waals surface area contributed by atoms with Crippen molar-refractivity contribution in [2.75, 3.05) is 0 Å². The third kappa shape index (κ3) is 1.93. The molecule has 0 saturated heterocycles. The molecule has 0 bridgehead atoms. The van der Waals surface area contributed by atoms with Gasteiger partial charge in [0.25, 0.3) is 0 Å². The molecule has 0 radical (unpaired) electrons. The van der Waals surface area contributed by atoms with Crippen LogP contribution in [0.1, 0.15) is 34.8 Å². The number of thiazole rings is 1. The van der Waals surface area contributed by atoms with E-state index >= 15 is 0 Å². The average Bonchev–Trinajstić information content (AvgIpc) is 3.03. The standard InChI is InChI=1S/C12H10N2O2S/c15-12(16)8-3-4-9(11-13-5-6-17-11)14-10(8)7-1-2-7/h3-7H,1-2H2,(H,15,16). The molecule has 0 atom stereocenters. The Bertz CT molecular complexity index is 562. The molecule has 1 saturated carbocycles. The molecule has 1 aliphatic carbocycles. The lowest BCUT2D eigenvalue weighted by Gasteiger charge is -2.05. The number of pyridine rings is 1. The van der Waals surface area contributed by atoms with Crippen LogP contribution in [-0.2, 0) is 0 Å². The first-order valence-corrected chi connectivity index (χ1v) is 6.28. The predicted molar refractivity (Wildman–Crippen MR) is 64.3 cm³/mol. The van der Waals surface area contributed by atoms with Crippen LogP contribution >= 0.6 is 11.3 Å². The van der Waals surface area contributed by atoms with Crippen molar-refractivity contribution in [3.8, 4) is 10.7 Å². The van der Waals surface area contributed by atoms with E-state index in [2.05, 4.69) is 9.97 Å². The molecular weight excluding hydrogens is 236 g/mol. The van der Waals surface area contributed by atoms with Crippen molar-refractivity contribution in [3.63, 3.8) is 0 Å². The highest BCUT2D eigenvalue weighted by molar-refractivity contribution is 7.13. The Morgan fingerprint density at radius 1 is 1.41 bits per heavy atom. The maximum Gasteiger partial charge on any atom is 0.337 e. The van der Waals surface area contributed by atoms with E-state index in [1.807, 2.05) is 5.38 Å². The zero-order valence-electron chi connectivity index (χ0n) is 8.96. The van der Waals surface area contributed by atoms with Crippen LogP contribution in [0.2, 0.25) is 0 Å². The Labute approximate surface area is 102 Å². The van der Waals surface area contributed by atoms with Gasteiger partial charge in [-0.1, -0.05) is 0 Å². The van der Waals surface area contributed by atoms with Gasteiger partial charge in [-0.25, -0.2) is 14.8 Å². The van der Waals surface area contributed by atoms with Gasteiger partial charge < -0.3 is 5.11 Å². The van der Waals surface area contributed by atoms with Crippen LogP contribution in [0.25, 0.3) is 10.7 Å². The number of carboxylic acids is 1. The van der Waals surface area contributed by atoms with Gasteiger partial charge >= 0.3 is 5.97 Å². The highest BCUT2D eigenvalue weighted by Crippen LogP contribution is 2.41. The molecule has 2 aromatic rings. The van der Waals surface area contributed by atoms with E-state index in [1.165, 1.54) is 11.3 Å². The molecule has 0 spiro atoms. The molecule has 1 aliphatic rings. The molecule has 3 rings (SSSR count). The second-order valence-corrected chi connectivity index (χ2v) is 4.94. The van der Waals surface area contributed by atoms with Gasteiger partial charge in [0.2, 0.25) is 0 Å². The minimum Gasteiger partial charge on any atom is -0.478 e. The van der Waals surface area contributed by atoms with Crippen LogP contribution < -0.4 is 0 Å².